The third-order valence-corrected chi connectivity index (χ3v) is 6.05. The molecule has 10 heteroatoms. The second-order valence-electron chi connectivity index (χ2n) is 6.62. The van der Waals surface area contributed by atoms with Crippen LogP contribution in [-0.4, -0.2) is 27.6 Å². The fourth-order valence-corrected chi connectivity index (χ4v) is 4.26. The molecule has 2 aromatic carbocycles. The Kier molecular flexibility index (Phi) is 7.76. The molecule has 0 aromatic heterocycles. The molecule has 1 saturated heterocycles. The van der Waals surface area contributed by atoms with Crippen LogP contribution in [0.4, 0.5) is 18.9 Å². The van der Waals surface area contributed by atoms with E-state index in [-0.39, 0.29) is 24.6 Å². The topological polar surface area (TPSA) is 49.4 Å². The van der Waals surface area contributed by atoms with E-state index in [4.69, 9.17) is 23.8 Å². The highest BCUT2D eigenvalue weighted by molar-refractivity contribution is 8.26. The lowest BCUT2D eigenvalue weighted by Crippen LogP contribution is -2.31. The largest absolute Gasteiger partial charge is 0.417 e. The minimum absolute atomic E-state index is 0.00988. The van der Waals surface area contributed by atoms with Crippen LogP contribution in [0.1, 0.15) is 17.5 Å². The lowest BCUT2D eigenvalue weighted by atomic mass is 10.2. The minimum Gasteiger partial charge on any atom is -0.326 e. The Labute approximate surface area is 197 Å². The highest BCUT2D eigenvalue weighted by Crippen LogP contribution is 2.36. The van der Waals surface area contributed by atoms with Crippen LogP contribution in [0.3, 0.4) is 0 Å². The summed E-state index contributed by atoms with van der Waals surface area (Å²) in [6, 6.07) is 12.7. The fraction of sp³-hybridized carbons (Fsp3) is 0.136. The van der Waals surface area contributed by atoms with Gasteiger partial charge in [-0.2, -0.15) is 13.2 Å². The summed E-state index contributed by atoms with van der Waals surface area (Å²) >= 11 is 11.9. The van der Waals surface area contributed by atoms with Gasteiger partial charge in [0.05, 0.1) is 15.5 Å². The lowest BCUT2D eigenvalue weighted by Gasteiger charge is -2.15. The third kappa shape index (κ3) is 6.21. The molecule has 1 heterocycles. The van der Waals surface area contributed by atoms with E-state index in [0.29, 0.717) is 9.23 Å². The van der Waals surface area contributed by atoms with Crippen LogP contribution in [0.2, 0.25) is 5.02 Å². The molecule has 2 aromatic rings. The molecule has 0 spiro atoms. The first-order valence-electron chi connectivity index (χ1n) is 9.29. The zero-order valence-corrected chi connectivity index (χ0v) is 18.7. The van der Waals surface area contributed by atoms with Crippen LogP contribution in [-0.2, 0) is 15.8 Å². The predicted molar refractivity (Wildman–Crippen MR) is 125 cm³/mol. The normalized spacial score (nSPS) is 15.8. The van der Waals surface area contributed by atoms with Crippen molar-refractivity contribution in [2.24, 2.45) is 0 Å². The monoisotopic (exact) mass is 496 g/mol. The first kappa shape index (κ1) is 24.0. The highest BCUT2D eigenvalue weighted by Gasteiger charge is 2.34. The van der Waals surface area contributed by atoms with Crippen LogP contribution in [0, 0.1) is 0 Å². The van der Waals surface area contributed by atoms with Gasteiger partial charge >= 0.3 is 6.18 Å². The van der Waals surface area contributed by atoms with Gasteiger partial charge in [0.15, 0.2) is 0 Å². The smallest absolute Gasteiger partial charge is 0.326 e. The Balaban J connectivity index is 1.58. The van der Waals surface area contributed by atoms with Crippen molar-refractivity contribution < 1.29 is 22.8 Å². The van der Waals surface area contributed by atoms with Crippen molar-refractivity contribution in [2.75, 3.05) is 11.9 Å². The van der Waals surface area contributed by atoms with Crippen molar-refractivity contribution in [2.45, 2.75) is 12.6 Å². The summed E-state index contributed by atoms with van der Waals surface area (Å²) in [6.45, 7) is 0.00988. The summed E-state index contributed by atoms with van der Waals surface area (Å²) in [4.78, 5) is 26.5. The molecule has 166 valence electrons. The summed E-state index contributed by atoms with van der Waals surface area (Å²) in [7, 11) is 0. The average molecular weight is 497 g/mol. The molecule has 4 nitrogen and oxygen atoms in total. The van der Waals surface area contributed by atoms with E-state index in [1.807, 2.05) is 36.4 Å². The van der Waals surface area contributed by atoms with E-state index in [1.165, 1.54) is 11.0 Å². The predicted octanol–water partition coefficient (Wildman–Crippen LogP) is 6.15. The number of alkyl halides is 3. The number of rotatable bonds is 6. The maximum Gasteiger partial charge on any atom is 0.417 e. The van der Waals surface area contributed by atoms with Crippen LogP contribution < -0.4 is 5.32 Å². The highest BCUT2D eigenvalue weighted by atomic mass is 35.5. The molecule has 32 heavy (non-hydrogen) atoms. The molecule has 1 aliphatic heterocycles. The van der Waals surface area contributed by atoms with Crippen molar-refractivity contribution in [1.82, 2.24) is 4.90 Å². The molecule has 0 bridgehead atoms. The van der Waals surface area contributed by atoms with Crippen molar-refractivity contribution in [1.29, 1.82) is 0 Å². The van der Waals surface area contributed by atoms with Crippen molar-refractivity contribution in [3.63, 3.8) is 0 Å². The molecule has 3 rings (SSSR count). The van der Waals surface area contributed by atoms with E-state index in [9.17, 15) is 22.8 Å². The van der Waals surface area contributed by atoms with Gasteiger partial charge in [0, 0.05) is 18.7 Å². The fourth-order valence-electron chi connectivity index (χ4n) is 2.77. The molecule has 0 saturated carbocycles. The van der Waals surface area contributed by atoms with Gasteiger partial charge in [0.25, 0.3) is 5.91 Å². The molecule has 1 N–H and O–H groups in total. The molecule has 0 aliphatic carbocycles. The van der Waals surface area contributed by atoms with Gasteiger partial charge in [-0.1, -0.05) is 78.1 Å². The number of carbonyl (C=O) groups excluding carboxylic acids is 2. The number of carbonyl (C=O) groups is 2. The summed E-state index contributed by atoms with van der Waals surface area (Å²) in [6.07, 6.45) is 0.470. The summed E-state index contributed by atoms with van der Waals surface area (Å²) in [5, 5.41) is 1.93. The summed E-state index contributed by atoms with van der Waals surface area (Å²) in [5.41, 5.74) is -0.0996. The number of hydrogen-bond acceptors (Lipinski definition) is 4. The molecular formula is C22H16ClF3N2O2S2. The lowest BCUT2D eigenvalue weighted by molar-refractivity contribution is -0.137. The van der Waals surface area contributed by atoms with Gasteiger partial charge in [0.1, 0.15) is 4.32 Å². The first-order chi connectivity index (χ1) is 15.1. The Morgan fingerprint density at radius 2 is 1.91 bits per heavy atom. The van der Waals surface area contributed by atoms with Gasteiger partial charge in [-0.3, -0.25) is 14.5 Å². The average Bonchev–Trinajstić information content (AvgIpc) is 3.00. The van der Waals surface area contributed by atoms with Crippen molar-refractivity contribution in [3.8, 4) is 0 Å². The number of thioether (sulfide) groups is 1. The Morgan fingerprint density at radius 3 is 2.59 bits per heavy atom. The van der Waals surface area contributed by atoms with E-state index in [1.54, 1.807) is 12.2 Å². The number of hydrogen-bond donors (Lipinski definition) is 1. The minimum atomic E-state index is -4.64. The molecule has 0 atom stereocenters. The molecular weight excluding hydrogens is 481 g/mol. The van der Waals surface area contributed by atoms with E-state index < -0.39 is 22.7 Å². The Morgan fingerprint density at radius 1 is 1.19 bits per heavy atom. The number of benzene rings is 2. The Hall–Kier alpha value is -2.62. The Bertz CT molecular complexity index is 1100. The summed E-state index contributed by atoms with van der Waals surface area (Å²) in [5.74, 6) is -0.876. The molecule has 0 unspecified atom stereocenters. The molecule has 2 amide bonds. The van der Waals surface area contributed by atoms with Crippen molar-refractivity contribution in [3.05, 3.63) is 81.7 Å². The standard InChI is InChI=1S/C22H16ClF3N2O2S2/c23-17-10-9-15(13-16(17)22(24,25)26)27-19(29)11-12-28-20(30)18(32-21(28)31)8-4-7-14-5-2-1-3-6-14/h1-10,13H,11-12H2,(H,27,29). The second-order valence-corrected chi connectivity index (χ2v) is 8.70. The SMILES string of the molecule is O=C(CCN1C(=O)C(=CC=Cc2ccccc2)SC1=S)Nc1ccc(Cl)c(C(F)(F)F)c1. The molecule has 0 radical (unpaired) electrons. The van der Waals surface area contributed by atoms with Gasteiger partial charge in [0.2, 0.25) is 5.91 Å². The van der Waals surface area contributed by atoms with Crippen LogP contribution >= 0.6 is 35.6 Å². The van der Waals surface area contributed by atoms with Crippen LogP contribution in [0.15, 0.2) is 65.6 Å². The maximum absolute atomic E-state index is 13.0. The van der Waals surface area contributed by atoms with Crippen molar-refractivity contribution >= 4 is 63.5 Å². The molecule has 1 aliphatic rings. The van der Waals surface area contributed by atoms with Crippen LogP contribution in [0.25, 0.3) is 6.08 Å². The third-order valence-electron chi connectivity index (χ3n) is 4.33. The van der Waals surface area contributed by atoms with Gasteiger partial charge < -0.3 is 5.32 Å². The number of nitrogens with one attached hydrogen (secondary N) is 1. The quantitative estimate of drug-likeness (QED) is 0.385. The summed E-state index contributed by atoms with van der Waals surface area (Å²) < 4.78 is 39.2. The second kappa shape index (κ2) is 10.3. The number of thiocarbonyl (C=S) groups is 1. The van der Waals surface area contributed by atoms with E-state index in [2.05, 4.69) is 5.32 Å². The molecule has 1 fully saturated rings. The van der Waals surface area contributed by atoms with Crippen LogP contribution in [0.5, 0.6) is 0 Å². The zero-order chi connectivity index (χ0) is 23.3. The van der Waals surface area contributed by atoms with Gasteiger partial charge in [-0.05, 0) is 29.8 Å². The van der Waals surface area contributed by atoms with Gasteiger partial charge in [-0.15, -0.1) is 0 Å². The number of allylic oxidation sites excluding steroid dienone is 2. The van der Waals surface area contributed by atoms with E-state index >= 15 is 0 Å². The maximum atomic E-state index is 13.0. The number of halogens is 4. The number of nitrogens with zero attached hydrogens (tertiary/aromatic N) is 1. The number of anilines is 1. The van der Waals surface area contributed by atoms with Gasteiger partial charge in [-0.25, -0.2) is 0 Å². The zero-order valence-electron chi connectivity index (χ0n) is 16.4. The van der Waals surface area contributed by atoms with E-state index in [0.717, 1.165) is 29.5 Å². The number of amides is 2. The first-order valence-corrected chi connectivity index (χ1v) is 10.9.